The van der Waals surface area contributed by atoms with Crippen molar-refractivity contribution in [3.63, 3.8) is 0 Å². The van der Waals surface area contributed by atoms with Gasteiger partial charge >= 0.3 is 6.09 Å². The lowest BCUT2D eigenvalue weighted by Crippen LogP contribution is -2.34. The van der Waals surface area contributed by atoms with Gasteiger partial charge in [0.05, 0.1) is 60.0 Å². The van der Waals surface area contributed by atoms with Crippen LogP contribution in [0.3, 0.4) is 0 Å². The minimum absolute atomic E-state index is 0.0414. The number of aromatic nitrogens is 4. The number of pyridine rings is 3. The van der Waals surface area contributed by atoms with Crippen molar-refractivity contribution in [2.75, 3.05) is 20.8 Å². The molecule has 1 atom stereocenters. The molecule has 2 fully saturated rings. The molecule has 4 aromatic heterocycles. The summed E-state index contributed by atoms with van der Waals surface area (Å²) in [5, 5.41) is 19.7. The molecule has 4 N–H and O–H groups in total. The number of carbonyl (C=O) groups is 2. The summed E-state index contributed by atoms with van der Waals surface area (Å²) in [6.45, 7) is 0.822. The molecule has 282 valence electrons. The molecule has 1 saturated carbocycles. The van der Waals surface area contributed by atoms with E-state index in [1.807, 2.05) is 53.2 Å². The second-order valence-electron chi connectivity index (χ2n) is 13.5. The fourth-order valence-corrected chi connectivity index (χ4v) is 7.58. The third-order valence-electron chi connectivity index (χ3n) is 9.84. The lowest BCUT2D eigenvalue weighted by molar-refractivity contribution is -0.119. The molecule has 54 heavy (non-hydrogen) atoms. The van der Waals surface area contributed by atoms with Gasteiger partial charge in [0.15, 0.2) is 11.4 Å². The number of hydrogen-bond donors (Lipinski definition) is 4. The number of imidazole rings is 1. The van der Waals surface area contributed by atoms with Crippen molar-refractivity contribution in [2.24, 2.45) is 0 Å². The monoisotopic (exact) mass is 773 g/mol. The third kappa shape index (κ3) is 8.24. The summed E-state index contributed by atoms with van der Waals surface area (Å²) in [5.74, 6) is 0.857. The molecule has 15 heteroatoms. The quantitative estimate of drug-likeness (QED) is 0.113. The number of ether oxygens (including phenoxy) is 3. The zero-order valence-corrected chi connectivity index (χ0v) is 31.4. The molecule has 0 unspecified atom stereocenters. The van der Waals surface area contributed by atoms with E-state index in [0.717, 1.165) is 36.9 Å². The normalized spacial score (nSPS) is 18.4. The van der Waals surface area contributed by atoms with E-state index in [1.54, 1.807) is 19.4 Å². The van der Waals surface area contributed by atoms with Crippen molar-refractivity contribution in [1.82, 2.24) is 35.3 Å². The minimum atomic E-state index is -0.607. The predicted octanol–water partition coefficient (Wildman–Crippen LogP) is 6.35. The Kier molecular flexibility index (Phi) is 11.5. The van der Waals surface area contributed by atoms with Gasteiger partial charge in [0.1, 0.15) is 6.61 Å². The van der Waals surface area contributed by atoms with Crippen molar-refractivity contribution in [1.29, 1.82) is 0 Å². The van der Waals surface area contributed by atoms with Crippen LogP contribution in [0.15, 0.2) is 61.1 Å². The smallest absolute Gasteiger partial charge is 0.407 e. The number of aliphatic hydroxyl groups excluding tert-OH is 1. The van der Waals surface area contributed by atoms with Crippen LogP contribution >= 0.6 is 23.2 Å². The average Bonchev–Trinajstić information content (AvgIpc) is 3.81. The van der Waals surface area contributed by atoms with Gasteiger partial charge in [-0.15, -0.1) is 0 Å². The predicted molar refractivity (Wildman–Crippen MR) is 205 cm³/mol. The maximum atomic E-state index is 12.3. The highest BCUT2D eigenvalue weighted by molar-refractivity contribution is 6.39. The fourth-order valence-electron chi connectivity index (χ4n) is 6.93. The van der Waals surface area contributed by atoms with E-state index in [-0.39, 0.29) is 31.2 Å². The Balaban J connectivity index is 1.10. The number of aliphatic hydroxyl groups is 1. The van der Waals surface area contributed by atoms with Crippen molar-refractivity contribution in [3.05, 3.63) is 82.4 Å². The molecule has 0 spiro atoms. The van der Waals surface area contributed by atoms with E-state index >= 15 is 0 Å². The topological polar surface area (TPSA) is 161 Å². The second kappa shape index (κ2) is 16.6. The van der Waals surface area contributed by atoms with Crippen LogP contribution in [-0.4, -0.2) is 75.5 Å². The number of benzene rings is 1. The Hall–Kier alpha value is -4.95. The van der Waals surface area contributed by atoms with Gasteiger partial charge in [-0.25, -0.2) is 14.8 Å². The first-order valence-corrected chi connectivity index (χ1v) is 18.6. The molecule has 0 radical (unpaired) electrons. The van der Waals surface area contributed by atoms with Crippen LogP contribution in [0.4, 0.5) is 4.79 Å². The minimum Gasteiger partial charge on any atom is -0.493 e. The zero-order chi connectivity index (χ0) is 37.8. The summed E-state index contributed by atoms with van der Waals surface area (Å²) in [6.07, 6.45) is 9.36. The number of carbonyl (C=O) groups excluding carboxylic acids is 2. The summed E-state index contributed by atoms with van der Waals surface area (Å²) >= 11 is 14.2. The van der Waals surface area contributed by atoms with Gasteiger partial charge in [-0.1, -0.05) is 41.4 Å². The Morgan fingerprint density at radius 1 is 0.963 bits per heavy atom. The van der Waals surface area contributed by atoms with Gasteiger partial charge in [0, 0.05) is 65.4 Å². The first-order valence-electron chi connectivity index (χ1n) is 17.9. The Labute approximate surface area is 322 Å². The van der Waals surface area contributed by atoms with E-state index < -0.39 is 6.09 Å². The molecule has 13 nitrogen and oxygen atoms in total. The molecule has 7 rings (SSSR count). The highest BCUT2D eigenvalue weighted by Gasteiger charge is 2.23. The number of methoxy groups -OCH3 is 2. The molecular formula is C39H41Cl2N7O6. The first-order chi connectivity index (χ1) is 26.2. The number of halogens is 2. The maximum Gasteiger partial charge on any atom is 0.407 e. The lowest BCUT2D eigenvalue weighted by atomic mass is 9.93. The SMILES string of the molecule is COc1nc(-c2cccc(-c3ccnc(-c4cc(OC)c5nc(CNC6CCC(O)CC6)cn5c4)c3Cl)c2Cl)ccc1CNC(=O)OC[C@@H]1CCC(=O)N1. The summed E-state index contributed by atoms with van der Waals surface area (Å²) in [6, 6.07) is 13.1. The number of hydrogen-bond acceptors (Lipinski definition) is 10. The number of amides is 2. The second-order valence-corrected chi connectivity index (χ2v) is 14.2. The largest absolute Gasteiger partial charge is 0.493 e. The number of fused-ring (bicyclic) bond motifs is 1. The molecule has 2 aliphatic rings. The van der Waals surface area contributed by atoms with Gasteiger partial charge in [0.25, 0.3) is 0 Å². The Bertz CT molecular complexity index is 2170. The molecule has 0 bridgehead atoms. The third-order valence-corrected chi connectivity index (χ3v) is 10.6. The van der Waals surface area contributed by atoms with Crippen LogP contribution < -0.4 is 25.4 Å². The fraction of sp³-hybridized carbons (Fsp3) is 0.359. The first kappa shape index (κ1) is 37.4. The Morgan fingerprint density at radius 2 is 1.76 bits per heavy atom. The van der Waals surface area contributed by atoms with Crippen LogP contribution in [0.2, 0.25) is 10.0 Å². The number of alkyl carbamates (subject to hydrolysis) is 1. The van der Waals surface area contributed by atoms with Crippen molar-refractivity contribution in [3.8, 4) is 45.3 Å². The van der Waals surface area contributed by atoms with E-state index in [4.69, 9.17) is 47.4 Å². The Morgan fingerprint density at radius 3 is 2.52 bits per heavy atom. The van der Waals surface area contributed by atoms with Crippen molar-refractivity contribution < 1.29 is 28.9 Å². The zero-order valence-electron chi connectivity index (χ0n) is 29.9. The molecule has 1 aliphatic carbocycles. The molecule has 5 aromatic rings. The molecule has 1 aromatic carbocycles. The van der Waals surface area contributed by atoms with Gasteiger partial charge < -0.3 is 39.7 Å². The molecular weight excluding hydrogens is 733 g/mol. The van der Waals surface area contributed by atoms with E-state index in [9.17, 15) is 14.7 Å². The number of rotatable bonds is 12. The van der Waals surface area contributed by atoms with Crippen LogP contribution in [0.25, 0.3) is 39.3 Å². The highest BCUT2D eigenvalue weighted by Crippen LogP contribution is 2.42. The summed E-state index contributed by atoms with van der Waals surface area (Å²) < 4.78 is 18.5. The summed E-state index contributed by atoms with van der Waals surface area (Å²) in [5.41, 5.74) is 6.08. The van der Waals surface area contributed by atoms with Gasteiger partial charge in [-0.2, -0.15) is 0 Å². The molecule has 5 heterocycles. The van der Waals surface area contributed by atoms with Gasteiger partial charge in [-0.05, 0) is 56.4 Å². The van der Waals surface area contributed by atoms with Crippen LogP contribution in [0.5, 0.6) is 11.6 Å². The highest BCUT2D eigenvalue weighted by atomic mass is 35.5. The van der Waals surface area contributed by atoms with Crippen LogP contribution in [0, 0.1) is 0 Å². The number of nitrogens with one attached hydrogen (secondary N) is 3. The summed E-state index contributed by atoms with van der Waals surface area (Å²) in [7, 11) is 3.11. The summed E-state index contributed by atoms with van der Waals surface area (Å²) in [4.78, 5) is 37.9. The molecule has 1 aliphatic heterocycles. The molecule has 1 saturated heterocycles. The van der Waals surface area contributed by atoms with Crippen LogP contribution in [-0.2, 0) is 22.6 Å². The van der Waals surface area contributed by atoms with Crippen molar-refractivity contribution >= 4 is 40.8 Å². The van der Waals surface area contributed by atoms with Gasteiger partial charge in [0.2, 0.25) is 11.8 Å². The average molecular weight is 775 g/mol. The van der Waals surface area contributed by atoms with E-state index in [2.05, 4.69) is 20.9 Å². The molecule has 2 amide bonds. The lowest BCUT2D eigenvalue weighted by Gasteiger charge is -2.25. The maximum absolute atomic E-state index is 12.3. The van der Waals surface area contributed by atoms with E-state index in [0.29, 0.717) is 86.4 Å². The van der Waals surface area contributed by atoms with Crippen LogP contribution in [0.1, 0.15) is 49.8 Å². The van der Waals surface area contributed by atoms with Gasteiger partial charge in [-0.3, -0.25) is 9.78 Å². The number of nitrogens with zero attached hydrogens (tertiary/aromatic N) is 4. The van der Waals surface area contributed by atoms with E-state index in [1.165, 1.54) is 7.11 Å². The van der Waals surface area contributed by atoms with Crippen molar-refractivity contribution in [2.45, 2.75) is 69.8 Å². The standard InChI is InChI=1S/C39H41Cl2N7O6/c1-52-32-16-23(19-48-20-26(46-37(32)48)18-43-24-7-10-27(49)11-8-24)36-35(41)29(14-15-42-36)28-4-3-5-30(34(28)40)31-12-6-22(38(47-31)53-2)17-44-39(51)54-21-25-9-13-33(50)45-25/h3-6,12,14-16,19-20,24-25,27,43,49H,7-11,13,17-18,21H2,1-2H3,(H,44,51)(H,45,50)/t24?,25-,27?/m0/s1.